The van der Waals surface area contributed by atoms with Gasteiger partial charge < -0.3 is 19.4 Å². The third kappa shape index (κ3) is 3.64. The van der Waals surface area contributed by atoms with Crippen molar-refractivity contribution in [1.29, 1.82) is 0 Å². The van der Waals surface area contributed by atoms with Gasteiger partial charge in [-0.05, 0) is 18.6 Å². The number of aryl methyl sites for hydroxylation is 1. The minimum absolute atomic E-state index is 0.0118. The number of nitrogens with one attached hydrogen (secondary N) is 1. The Labute approximate surface area is 135 Å². The zero-order valence-electron chi connectivity index (χ0n) is 13.4. The number of nitrogens with zero attached hydrogens (tertiary/aromatic N) is 2. The molecule has 0 saturated carbocycles. The van der Waals surface area contributed by atoms with Gasteiger partial charge in [-0.15, -0.1) is 0 Å². The van der Waals surface area contributed by atoms with Crippen LogP contribution in [0.3, 0.4) is 0 Å². The van der Waals surface area contributed by atoms with E-state index in [0.29, 0.717) is 17.9 Å². The van der Waals surface area contributed by atoms with Crippen LogP contribution in [0, 0.1) is 0 Å². The Morgan fingerprint density at radius 1 is 1.35 bits per heavy atom. The van der Waals surface area contributed by atoms with E-state index in [4.69, 9.17) is 9.47 Å². The predicted molar refractivity (Wildman–Crippen MR) is 86.5 cm³/mol. The highest BCUT2D eigenvalue weighted by Gasteiger charge is 2.34. The van der Waals surface area contributed by atoms with Gasteiger partial charge in [0.1, 0.15) is 0 Å². The number of carbonyl (C=O) groups is 1. The third-order valence-corrected chi connectivity index (χ3v) is 3.90. The highest BCUT2D eigenvalue weighted by Crippen LogP contribution is 2.42. The second-order valence-electron chi connectivity index (χ2n) is 5.81. The number of ether oxygens (including phenoxy) is 2. The molecule has 6 nitrogen and oxygen atoms in total. The lowest BCUT2D eigenvalue weighted by molar-refractivity contribution is -0.116. The molecular formula is C17H21N3O3. The minimum atomic E-state index is -0.615. The van der Waals surface area contributed by atoms with E-state index in [1.165, 1.54) is 0 Å². The van der Waals surface area contributed by atoms with E-state index in [1.807, 2.05) is 42.8 Å². The number of rotatable bonds is 6. The molecule has 1 atom stereocenters. The Kier molecular flexibility index (Phi) is 4.23. The average molecular weight is 315 g/mol. The third-order valence-electron chi connectivity index (χ3n) is 3.90. The van der Waals surface area contributed by atoms with Crippen molar-refractivity contribution in [3.63, 3.8) is 0 Å². The standard InChI is InChI=1S/C17H21N3O3/c1-3-17(2)22-14-7-6-13(11-15(14)23-17)19-16(21)5-4-9-20-10-8-18-12-20/h6-8,10-12H,3-5,9H2,1-2H3,(H,19,21). The van der Waals surface area contributed by atoms with Gasteiger partial charge >= 0.3 is 0 Å². The van der Waals surface area contributed by atoms with E-state index < -0.39 is 5.79 Å². The van der Waals surface area contributed by atoms with Crippen molar-refractivity contribution >= 4 is 11.6 Å². The molecular weight excluding hydrogens is 294 g/mol. The summed E-state index contributed by atoms with van der Waals surface area (Å²) >= 11 is 0. The zero-order chi connectivity index (χ0) is 16.3. The first-order valence-corrected chi connectivity index (χ1v) is 7.86. The lowest BCUT2D eigenvalue weighted by atomic mass is 10.2. The molecule has 0 fully saturated rings. The van der Waals surface area contributed by atoms with Crippen molar-refractivity contribution in [3.05, 3.63) is 36.9 Å². The number of imidazole rings is 1. The van der Waals surface area contributed by atoms with Gasteiger partial charge in [0.2, 0.25) is 11.7 Å². The summed E-state index contributed by atoms with van der Waals surface area (Å²) in [7, 11) is 0. The van der Waals surface area contributed by atoms with Gasteiger partial charge in [0, 0.05) is 50.5 Å². The molecule has 2 heterocycles. The Bertz CT molecular complexity index is 684. The molecule has 1 aromatic carbocycles. The van der Waals surface area contributed by atoms with Crippen molar-refractivity contribution in [2.24, 2.45) is 0 Å². The second-order valence-corrected chi connectivity index (χ2v) is 5.81. The van der Waals surface area contributed by atoms with Gasteiger partial charge in [0.25, 0.3) is 0 Å². The molecule has 1 aliphatic heterocycles. The van der Waals surface area contributed by atoms with E-state index in [2.05, 4.69) is 10.3 Å². The summed E-state index contributed by atoms with van der Waals surface area (Å²) in [6.07, 6.45) is 7.34. The molecule has 0 bridgehead atoms. The molecule has 1 amide bonds. The van der Waals surface area contributed by atoms with E-state index in [0.717, 1.165) is 25.1 Å². The van der Waals surface area contributed by atoms with Gasteiger partial charge in [0.05, 0.1) is 6.33 Å². The number of carbonyl (C=O) groups excluding carboxylic acids is 1. The summed E-state index contributed by atoms with van der Waals surface area (Å²) in [4.78, 5) is 16.0. The smallest absolute Gasteiger partial charge is 0.248 e. The summed E-state index contributed by atoms with van der Waals surface area (Å²) in [6.45, 7) is 4.69. The predicted octanol–water partition coefficient (Wildman–Crippen LogP) is 3.20. The zero-order valence-corrected chi connectivity index (χ0v) is 13.4. The van der Waals surface area contributed by atoms with Crippen LogP contribution in [0.25, 0.3) is 0 Å². The molecule has 1 aromatic heterocycles. The molecule has 0 saturated heterocycles. The Morgan fingerprint density at radius 3 is 2.91 bits per heavy atom. The molecule has 122 valence electrons. The van der Waals surface area contributed by atoms with Gasteiger partial charge in [-0.3, -0.25) is 4.79 Å². The van der Waals surface area contributed by atoms with E-state index >= 15 is 0 Å². The van der Waals surface area contributed by atoms with Crippen molar-refractivity contribution in [2.45, 2.75) is 45.4 Å². The number of fused-ring (bicyclic) bond motifs is 1. The second kappa shape index (κ2) is 6.32. The molecule has 1 N–H and O–H groups in total. The normalized spacial score (nSPS) is 18.9. The molecule has 0 aliphatic carbocycles. The fourth-order valence-corrected chi connectivity index (χ4v) is 2.44. The molecule has 0 spiro atoms. The molecule has 0 radical (unpaired) electrons. The van der Waals surface area contributed by atoms with Gasteiger partial charge in [-0.1, -0.05) is 6.92 Å². The Balaban J connectivity index is 1.53. The lowest BCUT2D eigenvalue weighted by Gasteiger charge is -2.20. The van der Waals surface area contributed by atoms with Crippen LogP contribution >= 0.6 is 0 Å². The van der Waals surface area contributed by atoms with Crippen LogP contribution in [0.15, 0.2) is 36.9 Å². The maximum absolute atomic E-state index is 12.0. The number of aromatic nitrogens is 2. The summed E-state index contributed by atoms with van der Waals surface area (Å²) in [5.74, 6) is 0.760. The SMILES string of the molecule is CCC1(C)Oc2ccc(NC(=O)CCCn3ccnc3)cc2O1. The molecule has 23 heavy (non-hydrogen) atoms. The van der Waals surface area contributed by atoms with Gasteiger partial charge in [-0.2, -0.15) is 0 Å². The van der Waals surface area contributed by atoms with Crippen molar-refractivity contribution < 1.29 is 14.3 Å². The summed E-state index contributed by atoms with van der Waals surface area (Å²) < 4.78 is 13.5. The first kappa shape index (κ1) is 15.4. The first-order valence-electron chi connectivity index (χ1n) is 7.86. The number of benzene rings is 1. The number of amides is 1. The summed E-state index contributed by atoms with van der Waals surface area (Å²) in [5.41, 5.74) is 0.723. The fourth-order valence-electron chi connectivity index (χ4n) is 2.44. The van der Waals surface area contributed by atoms with E-state index in [-0.39, 0.29) is 5.91 Å². The number of hydrogen-bond acceptors (Lipinski definition) is 4. The summed E-state index contributed by atoms with van der Waals surface area (Å²) in [6, 6.07) is 5.47. The van der Waals surface area contributed by atoms with Crippen LogP contribution in [0.2, 0.25) is 0 Å². The van der Waals surface area contributed by atoms with Crippen LogP contribution in [0.4, 0.5) is 5.69 Å². The Hall–Kier alpha value is -2.50. The highest BCUT2D eigenvalue weighted by atomic mass is 16.7. The minimum Gasteiger partial charge on any atom is -0.449 e. The van der Waals surface area contributed by atoms with Gasteiger partial charge in [0.15, 0.2) is 11.5 Å². The van der Waals surface area contributed by atoms with Crippen LogP contribution in [0.5, 0.6) is 11.5 Å². The van der Waals surface area contributed by atoms with Crippen molar-refractivity contribution in [1.82, 2.24) is 9.55 Å². The monoisotopic (exact) mass is 315 g/mol. The van der Waals surface area contributed by atoms with Crippen molar-refractivity contribution in [3.8, 4) is 11.5 Å². The number of hydrogen-bond donors (Lipinski definition) is 1. The molecule has 6 heteroatoms. The topological polar surface area (TPSA) is 65.4 Å². The van der Waals surface area contributed by atoms with Crippen LogP contribution < -0.4 is 14.8 Å². The van der Waals surface area contributed by atoms with Crippen LogP contribution in [-0.4, -0.2) is 21.2 Å². The average Bonchev–Trinajstić information content (AvgIpc) is 3.14. The first-order chi connectivity index (χ1) is 11.1. The Morgan fingerprint density at radius 2 is 2.17 bits per heavy atom. The van der Waals surface area contributed by atoms with E-state index in [1.54, 1.807) is 12.5 Å². The quantitative estimate of drug-likeness (QED) is 0.889. The maximum atomic E-state index is 12.0. The van der Waals surface area contributed by atoms with Crippen molar-refractivity contribution in [2.75, 3.05) is 5.32 Å². The largest absolute Gasteiger partial charge is 0.449 e. The maximum Gasteiger partial charge on any atom is 0.248 e. The fraction of sp³-hybridized carbons (Fsp3) is 0.412. The molecule has 1 unspecified atom stereocenters. The van der Waals surface area contributed by atoms with Crippen LogP contribution in [-0.2, 0) is 11.3 Å². The molecule has 3 rings (SSSR count). The van der Waals surface area contributed by atoms with Gasteiger partial charge in [-0.25, -0.2) is 4.98 Å². The highest BCUT2D eigenvalue weighted by molar-refractivity contribution is 5.91. The lowest BCUT2D eigenvalue weighted by Crippen LogP contribution is -2.33. The number of anilines is 1. The summed E-state index contributed by atoms with van der Waals surface area (Å²) in [5, 5.41) is 2.90. The molecule has 1 aliphatic rings. The van der Waals surface area contributed by atoms with E-state index in [9.17, 15) is 4.79 Å². The molecule has 2 aromatic rings. The van der Waals surface area contributed by atoms with Crippen LogP contribution in [0.1, 0.15) is 33.1 Å².